The first-order chi connectivity index (χ1) is 6.86. The molecular weight excluding hydrogens is 227 g/mol. The quantitative estimate of drug-likeness (QED) is 0.527. The molecule has 15 heavy (non-hydrogen) atoms. The molecule has 0 aromatic carbocycles. The van der Waals surface area contributed by atoms with E-state index in [-0.39, 0.29) is 12.4 Å². The van der Waals surface area contributed by atoms with Crippen molar-refractivity contribution < 1.29 is 0 Å². The third kappa shape index (κ3) is 6.32. The van der Waals surface area contributed by atoms with Gasteiger partial charge in [-0.2, -0.15) is 0 Å². The van der Waals surface area contributed by atoms with E-state index in [1.54, 1.807) is 0 Å². The van der Waals surface area contributed by atoms with E-state index in [4.69, 9.17) is 0 Å². The van der Waals surface area contributed by atoms with Crippen LogP contribution in [-0.4, -0.2) is 35.5 Å². The third-order valence-corrected chi connectivity index (χ3v) is 3.72. The van der Waals surface area contributed by atoms with E-state index in [9.17, 15) is 0 Å². The Hall–Kier alpha value is 0.120. The Morgan fingerprint density at radius 3 is 2.07 bits per heavy atom. The lowest BCUT2D eigenvalue weighted by Crippen LogP contribution is -2.27. The van der Waals surface area contributed by atoms with Crippen LogP contribution < -0.4 is 0 Å². The van der Waals surface area contributed by atoms with E-state index < -0.39 is 0 Å². The van der Waals surface area contributed by atoms with Crippen LogP contribution >= 0.6 is 21.3 Å². The molecule has 1 atom stereocenters. The van der Waals surface area contributed by atoms with Crippen molar-refractivity contribution in [1.82, 2.24) is 9.34 Å². The number of halogens is 1. The molecule has 1 saturated heterocycles. The van der Waals surface area contributed by atoms with Gasteiger partial charge in [-0.15, -0.1) is 25.6 Å². The van der Waals surface area contributed by atoms with Crippen LogP contribution in [0.25, 0.3) is 0 Å². The number of nitrogens with zero attached hydrogens (tertiary/aromatic N) is 2. The predicted molar refractivity (Wildman–Crippen MR) is 73.0 cm³/mol. The lowest BCUT2D eigenvalue weighted by molar-refractivity contribution is 0.356. The lowest BCUT2D eigenvalue weighted by atomic mass is 10.2. The van der Waals surface area contributed by atoms with Crippen molar-refractivity contribution in [2.24, 2.45) is 0 Å². The molecule has 1 unspecified atom stereocenters. The molecule has 1 fully saturated rings. The summed E-state index contributed by atoms with van der Waals surface area (Å²) in [5, 5.41) is 0. The molecule has 0 bridgehead atoms. The SMILES string of the molecule is C=CCN(CC=C)PN1CCCCC1.Cl. The van der Waals surface area contributed by atoms with Crippen molar-refractivity contribution in [3.63, 3.8) is 0 Å². The first kappa shape index (κ1) is 15.1. The molecule has 1 heterocycles. The van der Waals surface area contributed by atoms with E-state index in [1.807, 2.05) is 12.2 Å². The van der Waals surface area contributed by atoms with Crippen LogP contribution in [0.5, 0.6) is 0 Å². The van der Waals surface area contributed by atoms with Gasteiger partial charge in [0.2, 0.25) is 0 Å². The smallest absolute Gasteiger partial charge is 0.0246 e. The Kier molecular flexibility index (Phi) is 9.43. The molecule has 0 saturated carbocycles. The molecule has 1 aliphatic heterocycles. The molecule has 4 heteroatoms. The van der Waals surface area contributed by atoms with Crippen LogP contribution in [0, 0.1) is 0 Å². The van der Waals surface area contributed by atoms with Gasteiger partial charge >= 0.3 is 0 Å². The Balaban J connectivity index is 0.00000196. The number of hydrogen-bond donors (Lipinski definition) is 0. The highest BCUT2D eigenvalue weighted by atomic mass is 35.5. The maximum absolute atomic E-state index is 3.79. The maximum Gasteiger partial charge on any atom is 0.0246 e. The Bertz CT molecular complexity index is 171. The molecule has 0 spiro atoms. The zero-order valence-electron chi connectivity index (χ0n) is 9.32. The van der Waals surface area contributed by atoms with Gasteiger partial charge in [0.05, 0.1) is 0 Å². The van der Waals surface area contributed by atoms with Gasteiger partial charge in [-0.05, 0) is 12.8 Å². The van der Waals surface area contributed by atoms with Crippen LogP contribution in [0.4, 0.5) is 0 Å². The molecule has 88 valence electrons. The normalized spacial score (nSPS) is 17.9. The minimum Gasteiger partial charge on any atom is -0.272 e. The summed E-state index contributed by atoms with van der Waals surface area (Å²) in [6, 6.07) is 0. The van der Waals surface area contributed by atoms with Gasteiger partial charge in [0.1, 0.15) is 0 Å². The molecule has 0 amide bonds. The summed E-state index contributed by atoms with van der Waals surface area (Å²) in [5.74, 6) is 0. The number of rotatable bonds is 6. The van der Waals surface area contributed by atoms with E-state index >= 15 is 0 Å². The molecular formula is C11H22ClN2P. The summed E-state index contributed by atoms with van der Waals surface area (Å²) in [6.07, 6.45) is 8.08. The van der Waals surface area contributed by atoms with Crippen molar-refractivity contribution in [2.45, 2.75) is 19.3 Å². The second-order valence-corrected chi connectivity index (χ2v) is 5.09. The van der Waals surface area contributed by atoms with Crippen LogP contribution in [0.2, 0.25) is 0 Å². The summed E-state index contributed by atoms with van der Waals surface area (Å²) in [4.78, 5) is 0. The largest absolute Gasteiger partial charge is 0.272 e. The van der Waals surface area contributed by atoms with E-state index in [0.717, 1.165) is 22.0 Å². The zero-order chi connectivity index (χ0) is 10.2. The van der Waals surface area contributed by atoms with Crippen molar-refractivity contribution >= 4 is 21.3 Å². The number of hydrogen-bond acceptors (Lipinski definition) is 2. The Morgan fingerprint density at radius 2 is 1.60 bits per heavy atom. The van der Waals surface area contributed by atoms with Gasteiger partial charge in [0, 0.05) is 35.1 Å². The minimum absolute atomic E-state index is 0. The second kappa shape index (κ2) is 9.35. The minimum atomic E-state index is 0. The standard InChI is InChI=1S/C11H21N2P.ClH/c1-3-8-12(9-4-2)14-13-10-6-5-7-11-13;/h3-4,14H,1-2,5-11H2;1H. The average molecular weight is 249 g/mol. The van der Waals surface area contributed by atoms with Gasteiger partial charge in [-0.25, -0.2) is 0 Å². The lowest BCUT2D eigenvalue weighted by Gasteiger charge is -2.31. The molecule has 0 N–H and O–H groups in total. The Morgan fingerprint density at radius 1 is 1.07 bits per heavy atom. The van der Waals surface area contributed by atoms with Crippen molar-refractivity contribution in [2.75, 3.05) is 26.2 Å². The molecule has 0 radical (unpaired) electrons. The molecule has 0 aliphatic carbocycles. The van der Waals surface area contributed by atoms with Gasteiger partial charge in [0.15, 0.2) is 0 Å². The molecule has 0 aromatic heterocycles. The molecule has 1 rings (SSSR count). The van der Waals surface area contributed by atoms with Crippen LogP contribution in [-0.2, 0) is 0 Å². The zero-order valence-corrected chi connectivity index (χ0v) is 11.1. The summed E-state index contributed by atoms with van der Waals surface area (Å²) < 4.78 is 4.95. The first-order valence-electron chi connectivity index (χ1n) is 5.35. The highest BCUT2D eigenvalue weighted by Gasteiger charge is 2.12. The topological polar surface area (TPSA) is 6.48 Å². The van der Waals surface area contributed by atoms with Crippen molar-refractivity contribution in [1.29, 1.82) is 0 Å². The predicted octanol–water partition coefficient (Wildman–Crippen LogP) is 3.08. The molecule has 0 aromatic rings. The third-order valence-electron chi connectivity index (χ3n) is 2.34. The average Bonchev–Trinajstić information content (AvgIpc) is 2.20. The fraction of sp³-hybridized carbons (Fsp3) is 0.636. The van der Waals surface area contributed by atoms with Gasteiger partial charge in [-0.1, -0.05) is 18.6 Å². The molecule has 1 aliphatic rings. The fourth-order valence-corrected chi connectivity index (χ4v) is 3.00. The first-order valence-corrected chi connectivity index (χ1v) is 6.24. The van der Waals surface area contributed by atoms with Crippen molar-refractivity contribution in [3.8, 4) is 0 Å². The van der Waals surface area contributed by atoms with E-state index in [1.165, 1.54) is 32.4 Å². The monoisotopic (exact) mass is 248 g/mol. The summed E-state index contributed by atoms with van der Waals surface area (Å²) in [7, 11) is 0.810. The highest BCUT2D eigenvalue weighted by molar-refractivity contribution is 7.32. The summed E-state index contributed by atoms with van der Waals surface area (Å²) in [6.45, 7) is 12.1. The maximum atomic E-state index is 3.79. The van der Waals surface area contributed by atoms with Gasteiger partial charge < -0.3 is 0 Å². The van der Waals surface area contributed by atoms with E-state index in [0.29, 0.717) is 0 Å². The van der Waals surface area contributed by atoms with Gasteiger partial charge in [0.25, 0.3) is 0 Å². The van der Waals surface area contributed by atoms with Crippen LogP contribution in [0.3, 0.4) is 0 Å². The van der Waals surface area contributed by atoms with Gasteiger partial charge in [-0.3, -0.25) is 9.34 Å². The van der Waals surface area contributed by atoms with Crippen LogP contribution in [0.1, 0.15) is 19.3 Å². The van der Waals surface area contributed by atoms with E-state index in [2.05, 4.69) is 22.5 Å². The Labute approximate surface area is 102 Å². The molecule has 2 nitrogen and oxygen atoms in total. The van der Waals surface area contributed by atoms with Crippen molar-refractivity contribution in [3.05, 3.63) is 25.3 Å². The fourth-order valence-electron chi connectivity index (χ4n) is 1.66. The highest BCUT2D eigenvalue weighted by Crippen LogP contribution is 2.27. The second-order valence-electron chi connectivity index (χ2n) is 3.63. The summed E-state index contributed by atoms with van der Waals surface area (Å²) >= 11 is 0. The summed E-state index contributed by atoms with van der Waals surface area (Å²) in [5.41, 5.74) is 0. The van der Waals surface area contributed by atoms with Crippen LogP contribution in [0.15, 0.2) is 25.3 Å². The number of piperidine rings is 1.